The van der Waals surface area contributed by atoms with Crippen molar-refractivity contribution in [2.75, 3.05) is 26.8 Å². The molecule has 0 aromatic heterocycles. The third kappa shape index (κ3) is 12.2. The second-order valence-corrected chi connectivity index (χ2v) is 11.1. The Morgan fingerprint density at radius 1 is 0.848 bits per heavy atom. The van der Waals surface area contributed by atoms with Crippen molar-refractivity contribution in [1.82, 2.24) is 4.90 Å². The molecule has 1 atom stereocenters. The molecule has 0 bridgehead atoms. The first-order valence-corrected chi connectivity index (χ1v) is 14.8. The van der Waals surface area contributed by atoms with Gasteiger partial charge in [-0.2, -0.15) is 0 Å². The van der Waals surface area contributed by atoms with Crippen LogP contribution in [0.3, 0.4) is 0 Å². The van der Waals surface area contributed by atoms with Crippen LogP contribution in [0.2, 0.25) is 0 Å². The Morgan fingerprint density at radius 2 is 1.36 bits per heavy atom. The summed E-state index contributed by atoms with van der Waals surface area (Å²) in [6.45, 7) is 6.96. The lowest BCUT2D eigenvalue weighted by Crippen LogP contribution is -2.38. The van der Waals surface area contributed by atoms with Gasteiger partial charge in [-0.15, -0.1) is 0 Å². The zero-order chi connectivity index (χ0) is 24.4. The molecule has 0 heterocycles. The van der Waals surface area contributed by atoms with E-state index in [9.17, 15) is 9.36 Å². The molecule has 1 rings (SSSR count). The zero-order valence-electron chi connectivity index (χ0n) is 21.6. The molecule has 6 heteroatoms. The Balaban J connectivity index is 2.60. The Morgan fingerprint density at radius 3 is 1.88 bits per heavy atom. The second-order valence-electron chi connectivity index (χ2n) is 8.86. The maximum atomic E-state index is 13.5. The Hall–Kier alpha value is -1.16. The molecule has 5 nitrogen and oxygen atoms in total. The summed E-state index contributed by atoms with van der Waals surface area (Å²) in [5.41, 5.74) is 0.452. The Kier molecular flexibility index (Phi) is 16.5. The largest absolute Gasteiger partial charge is 0.345 e. The molecule has 0 spiro atoms. The maximum absolute atomic E-state index is 13.5. The number of carbonyl (C=O) groups is 1. The average Bonchev–Trinajstić information content (AvgIpc) is 2.81. The van der Waals surface area contributed by atoms with Crippen LogP contribution in [-0.4, -0.2) is 43.3 Å². The topological polar surface area (TPSA) is 55.8 Å². The molecule has 0 saturated carbocycles. The van der Waals surface area contributed by atoms with Gasteiger partial charge in [0.1, 0.15) is 5.66 Å². The quantitative estimate of drug-likeness (QED) is 0.142. The van der Waals surface area contributed by atoms with E-state index in [1.54, 1.807) is 25.8 Å². The normalized spacial score (nSPS) is 12.6. The molecule has 1 aromatic rings. The standard InChI is InChI=1S/C27H48NO4P/c1-5-8-9-10-11-12-13-14-15-19-22-26(33(30,31-6-2)32-7-3)27(29)28(4)24-23-25-20-17-16-18-21-25/h16-18,20-21,26H,5-15,19,22-24H2,1-4H3. The molecule has 0 aliphatic rings. The molecule has 1 amide bonds. The van der Waals surface area contributed by atoms with Crippen LogP contribution in [0.5, 0.6) is 0 Å². The third-order valence-corrected chi connectivity index (χ3v) is 8.55. The van der Waals surface area contributed by atoms with E-state index in [4.69, 9.17) is 9.05 Å². The molecule has 1 unspecified atom stereocenters. The average molecular weight is 482 g/mol. The van der Waals surface area contributed by atoms with Crippen LogP contribution >= 0.6 is 7.60 Å². The smallest absolute Gasteiger partial charge is 0.343 e. The summed E-state index contributed by atoms with van der Waals surface area (Å²) >= 11 is 0. The minimum Gasteiger partial charge on any atom is -0.345 e. The number of unbranched alkanes of at least 4 members (excludes halogenated alkanes) is 9. The van der Waals surface area contributed by atoms with Gasteiger partial charge in [-0.05, 0) is 32.3 Å². The summed E-state index contributed by atoms with van der Waals surface area (Å²) in [7, 11) is -1.71. The number of nitrogens with zero attached hydrogens (tertiary/aromatic N) is 1. The Bertz CT molecular complexity index is 657. The minimum absolute atomic E-state index is 0.132. The van der Waals surface area contributed by atoms with Gasteiger partial charge < -0.3 is 13.9 Å². The van der Waals surface area contributed by atoms with Crippen LogP contribution in [0.25, 0.3) is 0 Å². The summed E-state index contributed by atoms with van der Waals surface area (Å²) in [5, 5.41) is 0. The van der Waals surface area contributed by atoms with Crippen LogP contribution < -0.4 is 0 Å². The molecule has 0 aliphatic heterocycles. The van der Waals surface area contributed by atoms with E-state index in [1.807, 2.05) is 18.2 Å². The first kappa shape index (κ1) is 29.9. The fourth-order valence-corrected chi connectivity index (χ4v) is 6.25. The van der Waals surface area contributed by atoms with Gasteiger partial charge in [0.15, 0.2) is 0 Å². The van der Waals surface area contributed by atoms with E-state index < -0.39 is 13.3 Å². The van der Waals surface area contributed by atoms with E-state index in [0.29, 0.717) is 13.0 Å². The van der Waals surface area contributed by atoms with Crippen molar-refractivity contribution < 1.29 is 18.4 Å². The van der Waals surface area contributed by atoms with Crippen molar-refractivity contribution >= 4 is 13.5 Å². The van der Waals surface area contributed by atoms with Crippen molar-refractivity contribution in [2.45, 2.75) is 103 Å². The molecule has 0 saturated heterocycles. The van der Waals surface area contributed by atoms with Gasteiger partial charge in [0.05, 0.1) is 13.2 Å². The highest BCUT2D eigenvalue weighted by atomic mass is 31.2. The van der Waals surface area contributed by atoms with Gasteiger partial charge in [-0.1, -0.05) is 101 Å². The van der Waals surface area contributed by atoms with Crippen LogP contribution in [0.4, 0.5) is 0 Å². The summed E-state index contributed by atoms with van der Waals surface area (Å²) in [6, 6.07) is 10.1. The number of rotatable bonds is 20. The van der Waals surface area contributed by atoms with Gasteiger partial charge in [0.2, 0.25) is 5.91 Å². The molecule has 0 radical (unpaired) electrons. The maximum Gasteiger partial charge on any atom is 0.343 e. The second kappa shape index (κ2) is 18.2. The molecule has 0 N–H and O–H groups in total. The van der Waals surface area contributed by atoms with E-state index >= 15 is 0 Å². The minimum atomic E-state index is -3.50. The predicted octanol–water partition coefficient (Wildman–Crippen LogP) is 7.63. The van der Waals surface area contributed by atoms with E-state index in [-0.39, 0.29) is 19.1 Å². The predicted molar refractivity (Wildman–Crippen MR) is 139 cm³/mol. The van der Waals surface area contributed by atoms with Gasteiger partial charge >= 0.3 is 7.60 Å². The van der Waals surface area contributed by atoms with E-state index in [0.717, 1.165) is 25.7 Å². The lowest BCUT2D eigenvalue weighted by molar-refractivity contribution is -0.130. The molecule has 0 aliphatic carbocycles. The van der Waals surface area contributed by atoms with Crippen LogP contribution in [-0.2, 0) is 24.8 Å². The third-order valence-electron chi connectivity index (χ3n) is 6.07. The number of hydrogen-bond donors (Lipinski definition) is 0. The first-order chi connectivity index (χ1) is 16.0. The highest BCUT2D eigenvalue weighted by Gasteiger charge is 2.41. The van der Waals surface area contributed by atoms with Crippen molar-refractivity contribution in [3.8, 4) is 0 Å². The number of hydrogen-bond acceptors (Lipinski definition) is 4. The number of amides is 1. The lowest BCUT2D eigenvalue weighted by atomic mass is 10.0. The highest BCUT2D eigenvalue weighted by Crippen LogP contribution is 2.55. The summed E-state index contributed by atoms with van der Waals surface area (Å²) < 4.78 is 24.7. The van der Waals surface area contributed by atoms with Gasteiger partial charge in [-0.3, -0.25) is 9.36 Å². The van der Waals surface area contributed by atoms with Crippen LogP contribution in [0, 0.1) is 0 Å². The number of benzene rings is 1. The number of carbonyl (C=O) groups excluding carboxylic acids is 1. The molecule has 0 fully saturated rings. The molecule has 190 valence electrons. The van der Waals surface area contributed by atoms with Crippen molar-refractivity contribution in [2.24, 2.45) is 0 Å². The fourth-order valence-electron chi connectivity index (χ4n) is 4.13. The Labute approximate surface area is 203 Å². The molecule has 1 aromatic carbocycles. The first-order valence-electron chi connectivity index (χ1n) is 13.2. The van der Waals surface area contributed by atoms with Crippen LogP contribution in [0.15, 0.2) is 30.3 Å². The fraction of sp³-hybridized carbons (Fsp3) is 0.741. The lowest BCUT2D eigenvalue weighted by Gasteiger charge is -2.29. The van der Waals surface area contributed by atoms with Gasteiger partial charge in [-0.25, -0.2) is 0 Å². The summed E-state index contributed by atoms with van der Waals surface area (Å²) in [4.78, 5) is 15.0. The van der Waals surface area contributed by atoms with E-state index in [2.05, 4.69) is 19.1 Å². The van der Waals surface area contributed by atoms with Crippen molar-refractivity contribution in [3.63, 3.8) is 0 Å². The highest BCUT2D eigenvalue weighted by molar-refractivity contribution is 7.55. The molecular weight excluding hydrogens is 433 g/mol. The van der Waals surface area contributed by atoms with E-state index in [1.165, 1.54) is 50.5 Å². The van der Waals surface area contributed by atoms with Gasteiger partial charge in [0.25, 0.3) is 0 Å². The zero-order valence-corrected chi connectivity index (χ0v) is 22.5. The van der Waals surface area contributed by atoms with Gasteiger partial charge in [0, 0.05) is 13.6 Å². The molecular formula is C27H48NO4P. The van der Waals surface area contributed by atoms with Crippen molar-refractivity contribution in [3.05, 3.63) is 35.9 Å². The SMILES string of the molecule is CCCCCCCCCCCCC(C(=O)N(C)CCc1ccccc1)P(=O)(OCC)OCC. The number of likely N-dealkylation sites (N-methyl/N-ethyl adjacent to an activating group) is 1. The van der Waals surface area contributed by atoms with Crippen LogP contribution in [0.1, 0.15) is 97.0 Å². The molecule has 33 heavy (non-hydrogen) atoms. The summed E-state index contributed by atoms with van der Waals surface area (Å²) in [5.74, 6) is -0.132. The summed E-state index contributed by atoms with van der Waals surface area (Å²) in [6.07, 6.45) is 13.5. The monoisotopic (exact) mass is 481 g/mol. The van der Waals surface area contributed by atoms with Crippen molar-refractivity contribution in [1.29, 1.82) is 0 Å².